The number of nitrogens with zero attached hydrogens (tertiary/aromatic N) is 1. The lowest BCUT2D eigenvalue weighted by molar-refractivity contribution is 1.36. The van der Waals surface area contributed by atoms with Crippen LogP contribution in [0.4, 0.5) is 5.69 Å². The summed E-state index contributed by atoms with van der Waals surface area (Å²) < 4.78 is 0. The maximum Gasteiger partial charge on any atom is 0.0490 e. The smallest absolute Gasteiger partial charge is 0.0490 e. The van der Waals surface area contributed by atoms with E-state index in [0.717, 1.165) is 5.88 Å². The molecular formula is C18H20N2S. The van der Waals surface area contributed by atoms with Gasteiger partial charge in [0.2, 0.25) is 0 Å². The first-order valence-electron chi connectivity index (χ1n) is 6.99. The molecular weight excluding hydrogens is 276 g/mol. The standard InChI is InChI=1S/C18H20N2S/c1-21(2,18-6-4-3-5-7-18)14-20-17-9-8-16-13-19-11-10-15(16)12-17/h3-13,20H,14H2,1-2H3. The number of aromatic nitrogens is 1. The van der Waals surface area contributed by atoms with Crippen LogP contribution in [0.1, 0.15) is 0 Å². The average molecular weight is 296 g/mol. The second-order valence-electron chi connectivity index (χ2n) is 5.61. The van der Waals surface area contributed by atoms with Gasteiger partial charge in [0.15, 0.2) is 0 Å². The molecule has 1 heterocycles. The predicted molar refractivity (Wildman–Crippen MR) is 94.4 cm³/mol. The Balaban J connectivity index is 1.77. The van der Waals surface area contributed by atoms with Crippen molar-refractivity contribution in [2.75, 3.05) is 23.7 Å². The summed E-state index contributed by atoms with van der Waals surface area (Å²) in [7, 11) is -0.835. The van der Waals surface area contributed by atoms with Crippen molar-refractivity contribution in [2.45, 2.75) is 4.90 Å². The molecule has 3 rings (SSSR count). The van der Waals surface area contributed by atoms with Crippen molar-refractivity contribution >= 4 is 26.5 Å². The van der Waals surface area contributed by atoms with Crippen LogP contribution in [0.25, 0.3) is 10.8 Å². The number of fused-ring (bicyclic) bond motifs is 1. The number of nitrogens with one attached hydrogen (secondary N) is 1. The fraction of sp³-hybridized carbons (Fsp3) is 0.167. The van der Waals surface area contributed by atoms with Gasteiger partial charge in [0.25, 0.3) is 0 Å². The highest BCUT2D eigenvalue weighted by atomic mass is 32.3. The molecule has 3 aromatic rings. The van der Waals surface area contributed by atoms with Crippen LogP contribution in [0.5, 0.6) is 0 Å². The average Bonchev–Trinajstić information content (AvgIpc) is 2.54. The van der Waals surface area contributed by atoms with E-state index in [-0.39, 0.29) is 0 Å². The quantitative estimate of drug-likeness (QED) is 0.753. The molecule has 0 amide bonds. The maximum absolute atomic E-state index is 4.15. The summed E-state index contributed by atoms with van der Waals surface area (Å²) in [5, 5.41) is 6.00. The normalized spacial score (nSPS) is 12.3. The van der Waals surface area contributed by atoms with E-state index in [2.05, 4.69) is 77.4 Å². The Morgan fingerprint density at radius 3 is 2.57 bits per heavy atom. The van der Waals surface area contributed by atoms with Gasteiger partial charge in [-0.2, -0.15) is 0 Å². The van der Waals surface area contributed by atoms with Gasteiger partial charge in [-0.05, 0) is 41.0 Å². The Bertz CT molecular complexity index is 738. The molecule has 2 aromatic carbocycles. The fourth-order valence-electron chi connectivity index (χ4n) is 2.33. The van der Waals surface area contributed by atoms with Crippen LogP contribution in [-0.4, -0.2) is 23.4 Å². The highest BCUT2D eigenvalue weighted by molar-refractivity contribution is 8.32. The van der Waals surface area contributed by atoms with Crippen LogP contribution >= 0.6 is 10.0 Å². The minimum absolute atomic E-state index is 0.835. The maximum atomic E-state index is 4.15. The Hall–Kier alpha value is -2.00. The number of anilines is 1. The van der Waals surface area contributed by atoms with Gasteiger partial charge in [0, 0.05) is 29.3 Å². The first-order valence-corrected chi connectivity index (χ1v) is 9.61. The van der Waals surface area contributed by atoms with Crippen LogP contribution in [0.15, 0.2) is 71.9 Å². The molecule has 1 aromatic heterocycles. The SMILES string of the molecule is CS(C)(CNc1ccc2cnccc2c1)c1ccccc1. The van der Waals surface area contributed by atoms with Gasteiger partial charge in [0.1, 0.15) is 0 Å². The summed E-state index contributed by atoms with van der Waals surface area (Å²) in [6.07, 6.45) is 8.43. The first-order chi connectivity index (χ1) is 10.1. The van der Waals surface area contributed by atoms with E-state index in [1.54, 1.807) is 0 Å². The highest BCUT2D eigenvalue weighted by Gasteiger charge is 2.13. The third-order valence-electron chi connectivity index (χ3n) is 3.66. The molecule has 0 aliphatic rings. The molecule has 0 atom stereocenters. The number of hydrogen-bond acceptors (Lipinski definition) is 2. The number of hydrogen-bond donors (Lipinski definition) is 1. The molecule has 0 aliphatic heterocycles. The van der Waals surface area contributed by atoms with Crippen molar-refractivity contribution in [3.8, 4) is 0 Å². The van der Waals surface area contributed by atoms with Gasteiger partial charge in [-0.1, -0.05) is 36.4 Å². The summed E-state index contributed by atoms with van der Waals surface area (Å²) in [6.45, 7) is 0. The molecule has 3 heteroatoms. The van der Waals surface area contributed by atoms with E-state index in [1.165, 1.54) is 21.4 Å². The molecule has 2 nitrogen and oxygen atoms in total. The van der Waals surface area contributed by atoms with Crippen LogP contribution in [-0.2, 0) is 0 Å². The van der Waals surface area contributed by atoms with E-state index in [0.29, 0.717) is 0 Å². The molecule has 0 aliphatic carbocycles. The van der Waals surface area contributed by atoms with Crippen LogP contribution < -0.4 is 5.32 Å². The van der Waals surface area contributed by atoms with Gasteiger partial charge < -0.3 is 5.32 Å². The van der Waals surface area contributed by atoms with Crippen LogP contribution in [0.2, 0.25) is 0 Å². The van der Waals surface area contributed by atoms with Crippen molar-refractivity contribution in [2.24, 2.45) is 0 Å². The second kappa shape index (κ2) is 5.78. The summed E-state index contributed by atoms with van der Waals surface area (Å²) in [5.74, 6) is 0.980. The lowest BCUT2D eigenvalue weighted by Crippen LogP contribution is -2.10. The lowest BCUT2D eigenvalue weighted by atomic mass is 10.1. The van der Waals surface area contributed by atoms with Gasteiger partial charge in [-0.25, -0.2) is 10.0 Å². The third kappa shape index (κ3) is 3.19. The Morgan fingerprint density at radius 2 is 1.76 bits per heavy atom. The Morgan fingerprint density at radius 1 is 0.952 bits per heavy atom. The van der Waals surface area contributed by atoms with Crippen LogP contribution in [0, 0.1) is 0 Å². The molecule has 0 unspecified atom stereocenters. The molecule has 21 heavy (non-hydrogen) atoms. The van der Waals surface area contributed by atoms with E-state index in [9.17, 15) is 0 Å². The molecule has 0 saturated carbocycles. The molecule has 0 fully saturated rings. The zero-order valence-electron chi connectivity index (χ0n) is 12.4. The summed E-state index contributed by atoms with van der Waals surface area (Å²) >= 11 is 0. The van der Waals surface area contributed by atoms with Crippen LogP contribution in [0.3, 0.4) is 0 Å². The van der Waals surface area contributed by atoms with E-state index >= 15 is 0 Å². The fourth-order valence-corrected chi connectivity index (χ4v) is 3.92. The van der Waals surface area contributed by atoms with E-state index in [4.69, 9.17) is 0 Å². The second-order valence-corrected chi connectivity index (χ2v) is 9.45. The van der Waals surface area contributed by atoms with Gasteiger partial charge >= 0.3 is 0 Å². The largest absolute Gasteiger partial charge is 0.377 e. The predicted octanol–water partition coefficient (Wildman–Crippen LogP) is 4.73. The number of benzene rings is 2. The van der Waals surface area contributed by atoms with E-state index in [1.807, 2.05) is 12.4 Å². The van der Waals surface area contributed by atoms with Crippen molar-refractivity contribution in [3.05, 3.63) is 67.0 Å². The minimum Gasteiger partial charge on any atom is -0.377 e. The zero-order valence-corrected chi connectivity index (χ0v) is 13.2. The highest BCUT2D eigenvalue weighted by Crippen LogP contribution is 2.48. The number of pyridine rings is 1. The van der Waals surface area contributed by atoms with Crippen molar-refractivity contribution in [1.29, 1.82) is 0 Å². The molecule has 0 radical (unpaired) electrons. The van der Waals surface area contributed by atoms with Gasteiger partial charge in [0.05, 0.1) is 0 Å². The van der Waals surface area contributed by atoms with Gasteiger partial charge in [-0.3, -0.25) is 4.98 Å². The minimum atomic E-state index is -0.835. The summed E-state index contributed by atoms with van der Waals surface area (Å²) in [5.41, 5.74) is 1.17. The summed E-state index contributed by atoms with van der Waals surface area (Å²) in [4.78, 5) is 5.58. The Labute approximate surface area is 127 Å². The van der Waals surface area contributed by atoms with Crippen molar-refractivity contribution in [1.82, 2.24) is 4.98 Å². The molecule has 108 valence electrons. The van der Waals surface area contributed by atoms with Crippen molar-refractivity contribution < 1.29 is 0 Å². The molecule has 1 N–H and O–H groups in total. The summed E-state index contributed by atoms with van der Waals surface area (Å²) in [6, 6.07) is 19.3. The third-order valence-corrected chi connectivity index (χ3v) is 6.07. The number of rotatable bonds is 4. The van der Waals surface area contributed by atoms with Gasteiger partial charge in [-0.15, -0.1) is 0 Å². The molecule has 0 bridgehead atoms. The first kappa shape index (κ1) is 14.0. The molecule has 0 spiro atoms. The zero-order chi connectivity index (χ0) is 14.7. The Kier molecular flexibility index (Phi) is 3.84. The van der Waals surface area contributed by atoms with E-state index < -0.39 is 10.0 Å². The lowest BCUT2D eigenvalue weighted by Gasteiger charge is -2.32. The molecule has 0 saturated heterocycles. The topological polar surface area (TPSA) is 24.9 Å². The monoisotopic (exact) mass is 296 g/mol. The van der Waals surface area contributed by atoms with Crippen molar-refractivity contribution in [3.63, 3.8) is 0 Å².